The molecule has 0 saturated carbocycles. The number of nitrogens with zero attached hydrogens (tertiary/aromatic N) is 1. The molecule has 0 atom stereocenters. The van der Waals surface area contributed by atoms with E-state index in [1.807, 2.05) is 19.9 Å². The van der Waals surface area contributed by atoms with E-state index in [4.69, 9.17) is 5.84 Å². The third kappa shape index (κ3) is 2.25. The van der Waals surface area contributed by atoms with Crippen molar-refractivity contribution in [3.63, 3.8) is 0 Å². The van der Waals surface area contributed by atoms with Crippen molar-refractivity contribution in [1.29, 1.82) is 0 Å². The van der Waals surface area contributed by atoms with Crippen LogP contribution in [-0.4, -0.2) is 4.98 Å². The molecule has 1 heterocycles. The summed E-state index contributed by atoms with van der Waals surface area (Å²) in [6.45, 7) is 4.08. The molecule has 0 fully saturated rings. The molecule has 2 aromatic rings. The summed E-state index contributed by atoms with van der Waals surface area (Å²) in [5.74, 6) is 6.06. The summed E-state index contributed by atoms with van der Waals surface area (Å²) >= 11 is 3.30. The first-order valence-electron chi connectivity index (χ1n) is 5.29. The minimum Gasteiger partial charge on any atom is -0.308 e. The van der Waals surface area contributed by atoms with Crippen LogP contribution in [0.15, 0.2) is 22.7 Å². The molecule has 0 bridgehead atoms. The van der Waals surface area contributed by atoms with E-state index in [2.05, 4.69) is 26.3 Å². The van der Waals surface area contributed by atoms with Gasteiger partial charge in [-0.3, -0.25) is 0 Å². The number of nitrogens with two attached hydrogens (primary N) is 1. The molecule has 0 radical (unpaired) electrons. The Balaban J connectivity index is 2.78. The van der Waals surface area contributed by atoms with Gasteiger partial charge < -0.3 is 5.43 Å². The van der Waals surface area contributed by atoms with Gasteiger partial charge >= 0.3 is 0 Å². The summed E-state index contributed by atoms with van der Waals surface area (Å²) in [6, 6.07) is 4.78. The van der Waals surface area contributed by atoms with E-state index in [1.54, 1.807) is 0 Å². The van der Waals surface area contributed by atoms with Crippen molar-refractivity contribution in [2.75, 3.05) is 5.43 Å². The van der Waals surface area contributed by atoms with E-state index in [1.165, 1.54) is 12.1 Å². The van der Waals surface area contributed by atoms with Gasteiger partial charge in [-0.05, 0) is 45.6 Å². The lowest BCUT2D eigenvalue weighted by Gasteiger charge is -2.13. The van der Waals surface area contributed by atoms with Crippen LogP contribution in [0.25, 0.3) is 10.9 Å². The van der Waals surface area contributed by atoms with Crippen LogP contribution in [0.3, 0.4) is 0 Å². The maximum Gasteiger partial charge on any atom is 0.144 e. The van der Waals surface area contributed by atoms with E-state index in [0.29, 0.717) is 15.8 Å². The van der Waals surface area contributed by atoms with Gasteiger partial charge in [-0.2, -0.15) is 0 Å². The van der Waals surface area contributed by atoms with Crippen LogP contribution in [0.1, 0.15) is 25.3 Å². The molecule has 0 aliphatic carbocycles. The number of hydrogen-bond donors (Lipinski definition) is 2. The van der Waals surface area contributed by atoms with Gasteiger partial charge in [0.1, 0.15) is 11.6 Å². The molecule has 0 spiro atoms. The second kappa shape index (κ2) is 4.58. The minimum absolute atomic E-state index is 0.264. The van der Waals surface area contributed by atoms with Gasteiger partial charge in [0.2, 0.25) is 0 Å². The minimum atomic E-state index is -0.283. The zero-order chi connectivity index (χ0) is 12.6. The fraction of sp³-hybridized carbons (Fsp3) is 0.250. The molecule has 5 heteroatoms. The Labute approximate surface area is 107 Å². The zero-order valence-corrected chi connectivity index (χ0v) is 11.2. The molecule has 1 aromatic heterocycles. The third-order valence-electron chi connectivity index (χ3n) is 2.62. The van der Waals surface area contributed by atoms with Crippen molar-refractivity contribution in [2.24, 2.45) is 5.84 Å². The molecule has 17 heavy (non-hydrogen) atoms. The predicted octanol–water partition coefficient (Wildman–Crippen LogP) is 3.55. The average molecular weight is 298 g/mol. The van der Waals surface area contributed by atoms with E-state index in [9.17, 15) is 4.39 Å². The van der Waals surface area contributed by atoms with Crippen LogP contribution < -0.4 is 11.3 Å². The van der Waals surface area contributed by atoms with E-state index in [0.717, 1.165) is 10.9 Å². The van der Waals surface area contributed by atoms with Gasteiger partial charge in [0, 0.05) is 9.86 Å². The van der Waals surface area contributed by atoms with Gasteiger partial charge in [0.15, 0.2) is 0 Å². The van der Waals surface area contributed by atoms with Crippen LogP contribution in [0.4, 0.5) is 10.2 Å². The van der Waals surface area contributed by atoms with Crippen LogP contribution in [0.2, 0.25) is 0 Å². The molecule has 2 rings (SSSR count). The summed E-state index contributed by atoms with van der Waals surface area (Å²) < 4.78 is 13.9. The first kappa shape index (κ1) is 12.3. The number of rotatable bonds is 2. The zero-order valence-electron chi connectivity index (χ0n) is 9.59. The third-order valence-corrected chi connectivity index (χ3v) is 3.23. The smallest absolute Gasteiger partial charge is 0.144 e. The molecule has 1 aromatic carbocycles. The summed E-state index contributed by atoms with van der Waals surface area (Å²) in [5.41, 5.74) is 4.25. The summed E-state index contributed by atoms with van der Waals surface area (Å²) in [4.78, 5) is 4.41. The monoisotopic (exact) mass is 297 g/mol. The maximum atomic E-state index is 13.3. The highest BCUT2D eigenvalue weighted by Crippen LogP contribution is 2.30. The molecule has 3 nitrogen and oxygen atoms in total. The van der Waals surface area contributed by atoms with Crippen molar-refractivity contribution < 1.29 is 4.39 Å². The van der Waals surface area contributed by atoms with Gasteiger partial charge in [-0.15, -0.1) is 0 Å². The Kier molecular flexibility index (Phi) is 3.31. The Morgan fingerprint density at radius 3 is 2.65 bits per heavy atom. The number of benzene rings is 1. The van der Waals surface area contributed by atoms with Crippen molar-refractivity contribution in [2.45, 2.75) is 19.8 Å². The lowest BCUT2D eigenvalue weighted by Crippen LogP contribution is -2.12. The maximum absolute atomic E-state index is 13.3. The molecular formula is C12H13BrFN3. The SMILES string of the molecule is CC(C)c1cc2cc(F)cc(Br)c2nc1NN. The number of nitrogen functional groups attached to an aromatic ring is 1. The Bertz CT molecular complexity index is 569. The number of pyridine rings is 1. The van der Waals surface area contributed by atoms with Crippen LogP contribution >= 0.6 is 15.9 Å². The standard InChI is InChI=1S/C12H13BrFN3/c1-6(2)9-4-7-3-8(14)5-10(13)11(7)16-12(9)17-15/h3-6H,15H2,1-2H3,(H,16,17). The highest BCUT2D eigenvalue weighted by Gasteiger charge is 2.12. The van der Waals surface area contributed by atoms with Gasteiger partial charge in [-0.25, -0.2) is 15.2 Å². The van der Waals surface area contributed by atoms with Crippen LogP contribution in [-0.2, 0) is 0 Å². The average Bonchev–Trinajstić information content (AvgIpc) is 2.27. The second-order valence-electron chi connectivity index (χ2n) is 4.18. The van der Waals surface area contributed by atoms with E-state index < -0.39 is 0 Å². The number of fused-ring (bicyclic) bond motifs is 1. The Morgan fingerprint density at radius 2 is 2.06 bits per heavy atom. The summed E-state index contributed by atoms with van der Waals surface area (Å²) in [6.07, 6.45) is 0. The predicted molar refractivity (Wildman–Crippen MR) is 71.3 cm³/mol. The molecule has 0 aliphatic rings. The normalized spacial score (nSPS) is 11.2. The molecule has 3 N–H and O–H groups in total. The van der Waals surface area contributed by atoms with Gasteiger partial charge in [0.25, 0.3) is 0 Å². The van der Waals surface area contributed by atoms with Crippen molar-refractivity contribution >= 4 is 32.7 Å². The summed E-state index contributed by atoms with van der Waals surface area (Å²) in [7, 11) is 0. The molecule has 0 amide bonds. The Hall–Kier alpha value is -1.20. The lowest BCUT2D eigenvalue weighted by atomic mass is 10.0. The molecule has 90 valence electrons. The van der Waals surface area contributed by atoms with Crippen LogP contribution in [0, 0.1) is 5.82 Å². The van der Waals surface area contributed by atoms with Gasteiger partial charge in [0.05, 0.1) is 5.52 Å². The number of anilines is 1. The summed E-state index contributed by atoms with van der Waals surface area (Å²) in [5, 5.41) is 0.763. The highest BCUT2D eigenvalue weighted by molar-refractivity contribution is 9.10. The topological polar surface area (TPSA) is 50.9 Å². The largest absolute Gasteiger partial charge is 0.308 e. The first-order chi connectivity index (χ1) is 8.02. The number of nitrogens with one attached hydrogen (secondary N) is 1. The quantitative estimate of drug-likeness (QED) is 0.658. The second-order valence-corrected chi connectivity index (χ2v) is 5.04. The molecular weight excluding hydrogens is 285 g/mol. The van der Waals surface area contributed by atoms with Crippen molar-refractivity contribution in [1.82, 2.24) is 4.98 Å². The fourth-order valence-corrected chi connectivity index (χ4v) is 2.32. The first-order valence-corrected chi connectivity index (χ1v) is 6.08. The van der Waals surface area contributed by atoms with Crippen molar-refractivity contribution in [3.05, 3.63) is 34.1 Å². The number of halogens is 2. The van der Waals surface area contributed by atoms with Crippen LogP contribution in [0.5, 0.6) is 0 Å². The van der Waals surface area contributed by atoms with Crippen molar-refractivity contribution in [3.8, 4) is 0 Å². The van der Waals surface area contributed by atoms with E-state index in [-0.39, 0.29) is 11.7 Å². The van der Waals surface area contributed by atoms with Gasteiger partial charge in [-0.1, -0.05) is 13.8 Å². The number of aromatic nitrogens is 1. The Morgan fingerprint density at radius 1 is 1.35 bits per heavy atom. The molecule has 0 aliphatic heterocycles. The molecule has 0 saturated heterocycles. The molecule has 0 unspecified atom stereocenters. The number of hydrogen-bond acceptors (Lipinski definition) is 3. The van der Waals surface area contributed by atoms with E-state index >= 15 is 0 Å². The number of hydrazine groups is 1. The fourth-order valence-electron chi connectivity index (χ4n) is 1.78. The lowest BCUT2D eigenvalue weighted by molar-refractivity contribution is 0.629. The highest BCUT2D eigenvalue weighted by atomic mass is 79.9.